The molecule has 0 fully saturated rings. The van der Waals surface area contributed by atoms with Crippen LogP contribution in [-0.2, 0) is 6.54 Å². The Kier molecular flexibility index (Phi) is 4.66. The topological polar surface area (TPSA) is 46.1 Å². The van der Waals surface area contributed by atoms with Gasteiger partial charge < -0.3 is 4.90 Å². The molecule has 0 N–H and O–H groups in total. The molecule has 0 amide bonds. The third-order valence-electron chi connectivity index (χ3n) is 3.07. The van der Waals surface area contributed by atoms with E-state index in [1.54, 1.807) is 11.3 Å². The molecule has 2 heterocycles. The summed E-state index contributed by atoms with van der Waals surface area (Å²) in [5.74, 6) is 0.317. The van der Waals surface area contributed by atoms with Gasteiger partial charge in [-0.3, -0.25) is 4.79 Å². The van der Waals surface area contributed by atoms with Gasteiger partial charge in [0.1, 0.15) is 0 Å². The molecule has 102 valence electrons. The lowest BCUT2D eigenvalue weighted by atomic mass is 10.0. The van der Waals surface area contributed by atoms with E-state index in [1.165, 1.54) is 11.3 Å². The normalized spacial score (nSPS) is 12.4. The number of anilines is 1. The molecule has 2 rings (SSSR count). The van der Waals surface area contributed by atoms with Gasteiger partial charge in [0.25, 0.3) is 0 Å². The SMILES string of the molecule is CCC(C)c1nc(N(C)Cc2cscn2)sc1C=O. The van der Waals surface area contributed by atoms with Crippen LogP contribution < -0.4 is 4.90 Å². The average Bonchev–Trinajstić information content (AvgIpc) is 3.06. The van der Waals surface area contributed by atoms with Crippen LogP contribution in [0.2, 0.25) is 0 Å². The predicted octanol–water partition coefficient (Wildman–Crippen LogP) is 3.56. The largest absolute Gasteiger partial charge is 0.345 e. The smallest absolute Gasteiger partial charge is 0.186 e. The number of aldehydes is 1. The molecule has 19 heavy (non-hydrogen) atoms. The van der Waals surface area contributed by atoms with Gasteiger partial charge in [0.2, 0.25) is 0 Å². The molecule has 2 aromatic rings. The van der Waals surface area contributed by atoms with E-state index < -0.39 is 0 Å². The molecule has 0 spiro atoms. The predicted molar refractivity (Wildman–Crippen MR) is 80.4 cm³/mol. The van der Waals surface area contributed by atoms with Crippen LogP contribution in [0.5, 0.6) is 0 Å². The zero-order valence-corrected chi connectivity index (χ0v) is 12.9. The van der Waals surface area contributed by atoms with Gasteiger partial charge in [0, 0.05) is 12.4 Å². The van der Waals surface area contributed by atoms with Crippen molar-refractivity contribution in [2.45, 2.75) is 32.7 Å². The Bertz CT molecular complexity index is 536. The molecule has 1 unspecified atom stereocenters. The van der Waals surface area contributed by atoms with Gasteiger partial charge in [-0.1, -0.05) is 25.2 Å². The van der Waals surface area contributed by atoms with Crippen molar-refractivity contribution < 1.29 is 4.79 Å². The van der Waals surface area contributed by atoms with Gasteiger partial charge >= 0.3 is 0 Å². The van der Waals surface area contributed by atoms with Crippen LogP contribution in [0.1, 0.15) is 47.2 Å². The molecule has 0 aliphatic rings. The number of hydrogen-bond donors (Lipinski definition) is 0. The number of rotatable bonds is 6. The fraction of sp³-hybridized carbons (Fsp3) is 0.462. The third-order valence-corrected chi connectivity index (χ3v) is 4.81. The summed E-state index contributed by atoms with van der Waals surface area (Å²) in [4.78, 5) is 22.8. The van der Waals surface area contributed by atoms with Crippen molar-refractivity contribution >= 4 is 34.1 Å². The molecular weight excluding hydrogens is 278 g/mol. The zero-order chi connectivity index (χ0) is 13.8. The first kappa shape index (κ1) is 14.1. The summed E-state index contributed by atoms with van der Waals surface area (Å²) in [7, 11) is 1.98. The zero-order valence-electron chi connectivity index (χ0n) is 11.3. The standard InChI is InChI=1S/C13H17N3OS2/c1-4-9(2)12-11(6-17)19-13(15-12)16(3)5-10-7-18-8-14-10/h6-9H,4-5H2,1-3H3. The first-order valence-electron chi connectivity index (χ1n) is 6.19. The fourth-order valence-corrected chi connectivity index (χ4v) is 3.26. The molecule has 0 radical (unpaired) electrons. The summed E-state index contributed by atoms with van der Waals surface area (Å²) >= 11 is 3.04. The summed E-state index contributed by atoms with van der Waals surface area (Å²) in [5.41, 5.74) is 3.77. The highest BCUT2D eigenvalue weighted by Gasteiger charge is 2.17. The summed E-state index contributed by atoms with van der Waals surface area (Å²) < 4.78 is 0. The number of hydrogen-bond acceptors (Lipinski definition) is 6. The molecule has 1 atom stereocenters. The van der Waals surface area contributed by atoms with Crippen molar-refractivity contribution in [1.29, 1.82) is 0 Å². The van der Waals surface area contributed by atoms with E-state index in [4.69, 9.17) is 0 Å². The summed E-state index contributed by atoms with van der Waals surface area (Å²) in [6, 6.07) is 0. The van der Waals surface area contributed by atoms with Gasteiger partial charge in [-0.25, -0.2) is 9.97 Å². The van der Waals surface area contributed by atoms with Crippen LogP contribution in [0.25, 0.3) is 0 Å². The number of thiazole rings is 2. The van der Waals surface area contributed by atoms with E-state index in [0.717, 1.165) is 40.6 Å². The van der Waals surface area contributed by atoms with Gasteiger partial charge in [0.05, 0.1) is 28.3 Å². The lowest BCUT2D eigenvalue weighted by molar-refractivity contribution is 0.112. The van der Waals surface area contributed by atoms with E-state index >= 15 is 0 Å². The third kappa shape index (κ3) is 3.19. The lowest BCUT2D eigenvalue weighted by Crippen LogP contribution is -2.16. The maximum atomic E-state index is 11.1. The van der Waals surface area contributed by atoms with Crippen molar-refractivity contribution in [3.63, 3.8) is 0 Å². The Morgan fingerprint density at radius 3 is 2.89 bits per heavy atom. The molecule has 0 aliphatic carbocycles. The van der Waals surface area contributed by atoms with E-state index in [2.05, 4.69) is 23.8 Å². The van der Waals surface area contributed by atoms with Gasteiger partial charge in [-0.15, -0.1) is 11.3 Å². The van der Waals surface area contributed by atoms with Crippen LogP contribution >= 0.6 is 22.7 Å². The Labute approximate surface area is 121 Å². The second-order valence-electron chi connectivity index (χ2n) is 4.51. The van der Waals surface area contributed by atoms with Gasteiger partial charge in [0.15, 0.2) is 11.4 Å². The van der Waals surface area contributed by atoms with Crippen LogP contribution in [0.15, 0.2) is 10.9 Å². The second kappa shape index (κ2) is 6.25. The highest BCUT2D eigenvalue weighted by molar-refractivity contribution is 7.17. The number of carbonyl (C=O) groups is 1. The van der Waals surface area contributed by atoms with Crippen LogP contribution in [0.4, 0.5) is 5.13 Å². The van der Waals surface area contributed by atoms with Crippen molar-refractivity contribution in [2.75, 3.05) is 11.9 Å². The summed E-state index contributed by atoms with van der Waals surface area (Å²) in [6.45, 7) is 4.93. The molecule has 0 aliphatic heterocycles. The first-order chi connectivity index (χ1) is 9.15. The van der Waals surface area contributed by atoms with E-state index in [1.807, 2.05) is 22.8 Å². The molecule has 0 saturated heterocycles. The lowest BCUT2D eigenvalue weighted by Gasteiger charge is -2.13. The summed E-state index contributed by atoms with van der Waals surface area (Å²) in [6.07, 6.45) is 1.90. The minimum Gasteiger partial charge on any atom is -0.345 e. The Hall–Kier alpha value is -1.27. The average molecular weight is 295 g/mol. The number of carbonyl (C=O) groups excluding carboxylic acids is 1. The molecule has 0 bridgehead atoms. The van der Waals surface area contributed by atoms with Crippen molar-refractivity contribution in [2.24, 2.45) is 0 Å². The van der Waals surface area contributed by atoms with Crippen molar-refractivity contribution in [3.05, 3.63) is 27.2 Å². The minimum absolute atomic E-state index is 0.317. The monoisotopic (exact) mass is 295 g/mol. The van der Waals surface area contributed by atoms with Gasteiger partial charge in [-0.2, -0.15) is 0 Å². The van der Waals surface area contributed by atoms with Gasteiger partial charge in [-0.05, 0) is 12.3 Å². The van der Waals surface area contributed by atoms with E-state index in [-0.39, 0.29) is 0 Å². The van der Waals surface area contributed by atoms with Crippen molar-refractivity contribution in [1.82, 2.24) is 9.97 Å². The Balaban J connectivity index is 2.20. The fourth-order valence-electron chi connectivity index (χ4n) is 1.75. The molecule has 0 aromatic carbocycles. The van der Waals surface area contributed by atoms with Crippen LogP contribution in [-0.4, -0.2) is 23.3 Å². The molecule has 4 nitrogen and oxygen atoms in total. The second-order valence-corrected chi connectivity index (χ2v) is 6.24. The molecular formula is C13H17N3OS2. The quantitative estimate of drug-likeness (QED) is 0.764. The Morgan fingerprint density at radius 1 is 1.53 bits per heavy atom. The number of nitrogens with zero attached hydrogens (tertiary/aromatic N) is 3. The van der Waals surface area contributed by atoms with Crippen molar-refractivity contribution in [3.8, 4) is 0 Å². The summed E-state index contributed by atoms with van der Waals surface area (Å²) in [5, 5.41) is 2.91. The van der Waals surface area contributed by atoms with Crippen LogP contribution in [0.3, 0.4) is 0 Å². The molecule has 0 saturated carbocycles. The highest BCUT2D eigenvalue weighted by Crippen LogP contribution is 2.31. The molecule has 2 aromatic heterocycles. The highest BCUT2D eigenvalue weighted by atomic mass is 32.1. The first-order valence-corrected chi connectivity index (χ1v) is 7.95. The Morgan fingerprint density at radius 2 is 2.32 bits per heavy atom. The number of aromatic nitrogens is 2. The van der Waals surface area contributed by atoms with Crippen LogP contribution in [0, 0.1) is 0 Å². The maximum Gasteiger partial charge on any atom is 0.186 e. The molecule has 6 heteroatoms. The van der Waals surface area contributed by atoms with E-state index in [9.17, 15) is 4.79 Å². The van der Waals surface area contributed by atoms with E-state index in [0.29, 0.717) is 5.92 Å². The minimum atomic E-state index is 0.317. The maximum absolute atomic E-state index is 11.1.